The van der Waals surface area contributed by atoms with Crippen molar-refractivity contribution in [1.29, 1.82) is 0 Å². The molecule has 4 heteroatoms. The van der Waals surface area contributed by atoms with E-state index >= 15 is 0 Å². The van der Waals surface area contributed by atoms with Gasteiger partial charge in [0.05, 0.1) is 0 Å². The van der Waals surface area contributed by atoms with Gasteiger partial charge in [-0.2, -0.15) is 0 Å². The van der Waals surface area contributed by atoms with Crippen LogP contribution in [0.2, 0.25) is 0 Å². The number of fused-ring (bicyclic) bond motifs is 3. The second-order valence-electron chi connectivity index (χ2n) is 5.04. The van der Waals surface area contributed by atoms with Crippen LogP contribution in [-0.2, 0) is 13.3 Å². The Balaban J connectivity index is 1.82. The largest absolute Gasteiger partial charge is 0.537 e. The van der Waals surface area contributed by atoms with Crippen molar-refractivity contribution in [3.8, 4) is 0 Å². The number of benzene rings is 1. The highest BCUT2D eigenvalue weighted by Crippen LogP contribution is 2.38. The van der Waals surface area contributed by atoms with E-state index < -0.39 is 8.80 Å². The Bertz CT molecular complexity index is 368. The lowest BCUT2D eigenvalue weighted by Gasteiger charge is -2.50. The summed E-state index contributed by atoms with van der Waals surface area (Å²) < 4.78 is 18.0. The molecule has 3 nitrogen and oxygen atoms in total. The SMILES string of the molecule is CCCC12CO[Si](c3ccccc3)(OC1)OC2. The molecule has 17 heavy (non-hydrogen) atoms. The molecule has 0 unspecified atom stereocenters. The Morgan fingerprint density at radius 2 is 1.65 bits per heavy atom. The quantitative estimate of drug-likeness (QED) is 0.764. The van der Waals surface area contributed by atoms with Gasteiger partial charge in [-0.3, -0.25) is 0 Å². The molecule has 0 saturated carbocycles. The van der Waals surface area contributed by atoms with Crippen LogP contribution in [0.4, 0.5) is 0 Å². The maximum atomic E-state index is 6.00. The van der Waals surface area contributed by atoms with E-state index in [1.54, 1.807) is 0 Å². The van der Waals surface area contributed by atoms with Gasteiger partial charge in [0, 0.05) is 30.4 Å². The average Bonchev–Trinajstić information content (AvgIpc) is 2.42. The van der Waals surface area contributed by atoms with Gasteiger partial charge >= 0.3 is 8.80 Å². The second-order valence-corrected chi connectivity index (χ2v) is 7.59. The van der Waals surface area contributed by atoms with Gasteiger partial charge in [0.25, 0.3) is 0 Å². The highest BCUT2D eigenvalue weighted by molar-refractivity contribution is 6.75. The second kappa shape index (κ2) is 4.21. The minimum Gasteiger partial charge on any atom is -0.369 e. The standard InChI is InChI=1S/C13H18O3Si/c1-2-8-13-9-14-17(15-10-13,16-11-13)12-6-4-3-5-7-12/h3-7H,2,8-11H2,1H3. The van der Waals surface area contributed by atoms with Crippen molar-refractivity contribution in [2.24, 2.45) is 5.41 Å². The van der Waals surface area contributed by atoms with Crippen LogP contribution in [0, 0.1) is 5.41 Å². The molecular weight excluding hydrogens is 232 g/mol. The maximum Gasteiger partial charge on any atom is 0.537 e. The number of rotatable bonds is 3. The first-order valence-corrected chi connectivity index (χ1v) is 7.99. The van der Waals surface area contributed by atoms with Crippen molar-refractivity contribution in [3.05, 3.63) is 30.3 Å². The Labute approximate surface area is 103 Å². The van der Waals surface area contributed by atoms with Gasteiger partial charge in [-0.25, -0.2) is 0 Å². The fourth-order valence-corrected chi connectivity index (χ4v) is 5.47. The lowest BCUT2D eigenvalue weighted by molar-refractivity contribution is -0.131. The fraction of sp³-hybridized carbons (Fsp3) is 0.538. The van der Waals surface area contributed by atoms with E-state index in [-0.39, 0.29) is 5.41 Å². The van der Waals surface area contributed by atoms with Gasteiger partial charge in [-0.05, 0) is 6.42 Å². The zero-order chi connectivity index (χ0) is 11.8. The van der Waals surface area contributed by atoms with Gasteiger partial charge in [0.1, 0.15) is 0 Å². The number of hydrogen-bond donors (Lipinski definition) is 0. The first kappa shape index (κ1) is 11.4. The summed E-state index contributed by atoms with van der Waals surface area (Å²) in [7, 11) is -2.54. The molecule has 0 atom stereocenters. The van der Waals surface area contributed by atoms with Crippen LogP contribution in [0.15, 0.2) is 30.3 Å². The summed E-state index contributed by atoms with van der Waals surface area (Å²) >= 11 is 0. The average molecular weight is 250 g/mol. The highest BCUT2D eigenvalue weighted by Gasteiger charge is 2.57. The van der Waals surface area contributed by atoms with E-state index in [0.717, 1.165) is 37.8 Å². The maximum absolute atomic E-state index is 6.00. The molecule has 4 rings (SSSR count). The van der Waals surface area contributed by atoms with Crippen molar-refractivity contribution in [2.75, 3.05) is 19.8 Å². The molecule has 0 amide bonds. The summed E-state index contributed by atoms with van der Waals surface area (Å²) in [6.45, 7) is 4.58. The van der Waals surface area contributed by atoms with Gasteiger partial charge in [-0.1, -0.05) is 43.7 Å². The van der Waals surface area contributed by atoms with Gasteiger partial charge in [-0.15, -0.1) is 0 Å². The van der Waals surface area contributed by atoms with Crippen LogP contribution >= 0.6 is 0 Å². The molecule has 1 aromatic rings. The van der Waals surface area contributed by atoms with Crippen molar-refractivity contribution in [2.45, 2.75) is 19.8 Å². The smallest absolute Gasteiger partial charge is 0.369 e. The summed E-state index contributed by atoms with van der Waals surface area (Å²) in [4.78, 5) is 0. The third-order valence-electron chi connectivity index (χ3n) is 3.61. The van der Waals surface area contributed by atoms with E-state index in [0.29, 0.717) is 0 Å². The predicted molar refractivity (Wildman–Crippen MR) is 67.0 cm³/mol. The van der Waals surface area contributed by atoms with Crippen LogP contribution < -0.4 is 5.19 Å². The van der Waals surface area contributed by atoms with Gasteiger partial charge in [0.15, 0.2) is 0 Å². The highest BCUT2D eigenvalue weighted by atomic mass is 28.4. The summed E-state index contributed by atoms with van der Waals surface area (Å²) in [6.07, 6.45) is 2.27. The van der Waals surface area contributed by atoms with E-state index in [4.69, 9.17) is 13.3 Å². The summed E-state index contributed by atoms with van der Waals surface area (Å²) in [5, 5.41) is 1.09. The van der Waals surface area contributed by atoms with E-state index in [9.17, 15) is 0 Å². The summed E-state index contributed by atoms with van der Waals surface area (Å²) in [5.74, 6) is 0. The van der Waals surface area contributed by atoms with E-state index in [1.165, 1.54) is 0 Å². The Morgan fingerprint density at radius 3 is 2.18 bits per heavy atom. The molecule has 0 radical (unpaired) electrons. The van der Waals surface area contributed by atoms with Crippen molar-refractivity contribution < 1.29 is 13.3 Å². The Morgan fingerprint density at radius 1 is 1.06 bits per heavy atom. The molecule has 0 N–H and O–H groups in total. The van der Waals surface area contributed by atoms with Crippen LogP contribution in [0.25, 0.3) is 0 Å². The van der Waals surface area contributed by atoms with Gasteiger partial charge in [0.2, 0.25) is 0 Å². The van der Waals surface area contributed by atoms with E-state index in [2.05, 4.69) is 6.92 Å². The summed E-state index contributed by atoms with van der Waals surface area (Å²) in [5.41, 5.74) is 0.109. The third-order valence-corrected chi connectivity index (χ3v) is 6.23. The van der Waals surface area contributed by atoms with Crippen LogP contribution in [-0.4, -0.2) is 28.6 Å². The minimum absolute atomic E-state index is 0.109. The van der Waals surface area contributed by atoms with Crippen LogP contribution in [0.3, 0.4) is 0 Å². The molecule has 0 aromatic heterocycles. The molecular formula is C13H18O3Si. The fourth-order valence-electron chi connectivity index (χ4n) is 2.63. The molecule has 0 spiro atoms. The number of hydrogen-bond acceptors (Lipinski definition) is 3. The Kier molecular flexibility index (Phi) is 2.82. The predicted octanol–water partition coefficient (Wildman–Crippen LogP) is 1.70. The van der Waals surface area contributed by atoms with Crippen molar-refractivity contribution in [3.63, 3.8) is 0 Å². The first-order valence-electron chi connectivity index (χ1n) is 6.26. The molecule has 3 fully saturated rings. The third kappa shape index (κ3) is 1.85. The lowest BCUT2D eigenvalue weighted by Crippen LogP contribution is -2.69. The monoisotopic (exact) mass is 250 g/mol. The molecule has 92 valence electrons. The van der Waals surface area contributed by atoms with Crippen molar-refractivity contribution in [1.82, 2.24) is 0 Å². The van der Waals surface area contributed by atoms with Gasteiger partial charge < -0.3 is 13.3 Å². The molecule has 3 aliphatic heterocycles. The molecule has 0 aliphatic carbocycles. The molecule has 3 heterocycles. The van der Waals surface area contributed by atoms with E-state index in [1.807, 2.05) is 30.3 Å². The normalized spacial score (nSPS) is 36.1. The zero-order valence-corrected chi connectivity index (χ0v) is 11.1. The minimum atomic E-state index is -2.54. The Hall–Kier alpha value is -0.683. The van der Waals surface area contributed by atoms with Crippen LogP contribution in [0.1, 0.15) is 19.8 Å². The topological polar surface area (TPSA) is 27.7 Å². The molecule has 1 aromatic carbocycles. The van der Waals surface area contributed by atoms with Crippen LogP contribution in [0.5, 0.6) is 0 Å². The zero-order valence-electron chi connectivity index (χ0n) is 10.1. The molecule has 3 saturated heterocycles. The molecule has 3 aliphatic rings. The first-order chi connectivity index (χ1) is 8.29. The van der Waals surface area contributed by atoms with Crippen molar-refractivity contribution >= 4 is 14.0 Å². The molecule has 2 bridgehead atoms. The lowest BCUT2D eigenvalue weighted by atomic mass is 9.86. The summed E-state index contributed by atoms with van der Waals surface area (Å²) in [6, 6.07) is 10.1.